The number of ether oxygens (including phenoxy) is 2. The lowest BCUT2D eigenvalue weighted by Crippen LogP contribution is -2.12. The molecule has 0 radical (unpaired) electrons. The molecule has 0 bridgehead atoms. The van der Waals surface area contributed by atoms with E-state index in [4.69, 9.17) is 9.47 Å². The summed E-state index contributed by atoms with van der Waals surface area (Å²) in [6.07, 6.45) is 1.57. The van der Waals surface area contributed by atoms with E-state index >= 15 is 0 Å². The molecule has 0 aromatic heterocycles. The number of nitro benzene ring substituents is 1. The summed E-state index contributed by atoms with van der Waals surface area (Å²) in [4.78, 5) is 39.1. The van der Waals surface area contributed by atoms with E-state index in [2.05, 4.69) is 4.99 Å². The number of hydrogen-bond acceptors (Lipinski definition) is 7. The Hall–Kier alpha value is -4.59. The minimum Gasteiger partial charge on any atom is -0.426 e. The highest BCUT2D eigenvalue weighted by Crippen LogP contribution is 2.25. The average Bonchev–Trinajstić information content (AvgIpc) is 3.16. The van der Waals surface area contributed by atoms with E-state index in [1.54, 1.807) is 24.3 Å². The Labute approximate surface area is 182 Å². The van der Waals surface area contributed by atoms with Crippen molar-refractivity contribution in [2.45, 2.75) is 6.42 Å². The van der Waals surface area contributed by atoms with Crippen LogP contribution in [-0.2, 0) is 20.7 Å². The monoisotopic (exact) mass is 428 g/mol. The fourth-order valence-corrected chi connectivity index (χ4v) is 3.02. The standard InChI is InChI=1S/C24H16N2O6/c27-22(14-16-6-2-1-3-7-16)31-21-9-5-4-8-18(21)15-20-24(28)32-23(25-20)17-10-12-19(13-11-17)26(29)30/h1-13,15H,14H2/b20-15+. The zero-order chi connectivity index (χ0) is 22.5. The summed E-state index contributed by atoms with van der Waals surface area (Å²) in [6.45, 7) is 0. The lowest BCUT2D eigenvalue weighted by Gasteiger charge is -2.07. The fraction of sp³-hybridized carbons (Fsp3) is 0.0417. The van der Waals surface area contributed by atoms with Crippen molar-refractivity contribution in [1.29, 1.82) is 0 Å². The number of carbonyl (C=O) groups excluding carboxylic acids is 2. The van der Waals surface area contributed by atoms with Crippen molar-refractivity contribution in [2.24, 2.45) is 4.99 Å². The first-order valence-corrected chi connectivity index (χ1v) is 9.60. The molecular weight excluding hydrogens is 412 g/mol. The van der Waals surface area contributed by atoms with Crippen LogP contribution in [0.5, 0.6) is 5.75 Å². The molecule has 1 heterocycles. The second-order valence-electron chi connectivity index (χ2n) is 6.81. The first-order valence-electron chi connectivity index (χ1n) is 9.60. The number of nitrogens with zero attached hydrogens (tertiary/aromatic N) is 2. The van der Waals surface area contributed by atoms with Crippen molar-refractivity contribution < 1.29 is 24.0 Å². The summed E-state index contributed by atoms with van der Waals surface area (Å²) in [7, 11) is 0. The molecule has 0 amide bonds. The second-order valence-corrected chi connectivity index (χ2v) is 6.81. The predicted molar refractivity (Wildman–Crippen MR) is 116 cm³/mol. The number of para-hydroxylation sites is 1. The van der Waals surface area contributed by atoms with Crippen molar-refractivity contribution in [3.8, 4) is 5.75 Å². The van der Waals surface area contributed by atoms with Gasteiger partial charge in [0.2, 0.25) is 5.90 Å². The van der Waals surface area contributed by atoms with Gasteiger partial charge in [-0.15, -0.1) is 0 Å². The molecule has 0 unspecified atom stereocenters. The predicted octanol–water partition coefficient (Wildman–Crippen LogP) is 4.09. The molecule has 1 aliphatic rings. The number of nitro groups is 1. The summed E-state index contributed by atoms with van der Waals surface area (Å²) < 4.78 is 10.7. The fourth-order valence-electron chi connectivity index (χ4n) is 3.02. The van der Waals surface area contributed by atoms with Crippen LogP contribution in [-0.4, -0.2) is 22.8 Å². The topological polar surface area (TPSA) is 108 Å². The van der Waals surface area contributed by atoms with E-state index < -0.39 is 16.9 Å². The molecule has 1 aliphatic heterocycles. The van der Waals surface area contributed by atoms with Crippen LogP contribution in [0.15, 0.2) is 89.6 Å². The molecule has 0 fully saturated rings. The van der Waals surface area contributed by atoms with Crippen LogP contribution in [0.3, 0.4) is 0 Å². The van der Waals surface area contributed by atoms with Crippen LogP contribution in [0.25, 0.3) is 6.08 Å². The Bertz CT molecular complexity index is 1250. The Morgan fingerprint density at radius 1 is 1.00 bits per heavy atom. The van der Waals surface area contributed by atoms with Gasteiger partial charge < -0.3 is 9.47 Å². The maximum absolute atomic E-state index is 12.3. The number of benzene rings is 3. The largest absolute Gasteiger partial charge is 0.426 e. The van der Waals surface area contributed by atoms with Gasteiger partial charge in [0.25, 0.3) is 5.69 Å². The zero-order valence-electron chi connectivity index (χ0n) is 16.6. The minimum atomic E-state index is -0.677. The maximum atomic E-state index is 12.3. The van der Waals surface area contributed by atoms with Crippen molar-refractivity contribution in [2.75, 3.05) is 0 Å². The number of cyclic esters (lactones) is 1. The number of aliphatic imine (C=N–C) groups is 1. The van der Waals surface area contributed by atoms with Crippen LogP contribution in [0.4, 0.5) is 5.69 Å². The van der Waals surface area contributed by atoms with E-state index in [1.807, 2.05) is 30.3 Å². The Morgan fingerprint density at radius 3 is 2.41 bits per heavy atom. The average molecular weight is 428 g/mol. The maximum Gasteiger partial charge on any atom is 0.363 e. The number of rotatable bonds is 6. The number of non-ortho nitro benzene ring substituents is 1. The molecule has 0 N–H and O–H groups in total. The van der Waals surface area contributed by atoms with Gasteiger partial charge >= 0.3 is 11.9 Å². The van der Waals surface area contributed by atoms with Crippen molar-refractivity contribution in [1.82, 2.24) is 0 Å². The molecule has 4 rings (SSSR count). The van der Waals surface area contributed by atoms with Gasteiger partial charge in [-0.1, -0.05) is 48.5 Å². The quantitative estimate of drug-likeness (QED) is 0.192. The van der Waals surface area contributed by atoms with Crippen molar-refractivity contribution in [3.63, 3.8) is 0 Å². The summed E-state index contributed by atoms with van der Waals surface area (Å²) in [6, 6.07) is 21.5. The second kappa shape index (κ2) is 9.05. The smallest absolute Gasteiger partial charge is 0.363 e. The van der Waals surface area contributed by atoms with Gasteiger partial charge in [-0.05, 0) is 29.8 Å². The van der Waals surface area contributed by atoms with Crippen LogP contribution >= 0.6 is 0 Å². The van der Waals surface area contributed by atoms with E-state index in [-0.39, 0.29) is 29.5 Å². The SMILES string of the molecule is O=C(Cc1ccccc1)Oc1ccccc1/C=C1/N=C(c2ccc([N+](=O)[O-])cc2)OC1=O. The number of esters is 2. The van der Waals surface area contributed by atoms with Gasteiger partial charge in [-0.2, -0.15) is 0 Å². The summed E-state index contributed by atoms with van der Waals surface area (Å²) in [5.74, 6) is -0.794. The third-order valence-corrected chi connectivity index (χ3v) is 4.57. The Balaban J connectivity index is 1.55. The molecule has 3 aromatic carbocycles. The highest BCUT2D eigenvalue weighted by atomic mass is 16.6. The third kappa shape index (κ3) is 4.76. The zero-order valence-corrected chi connectivity index (χ0v) is 16.6. The molecule has 8 heteroatoms. The van der Waals surface area contributed by atoms with Crippen LogP contribution in [0, 0.1) is 10.1 Å². The molecular formula is C24H16N2O6. The van der Waals surface area contributed by atoms with Gasteiger partial charge in [0, 0.05) is 23.3 Å². The van der Waals surface area contributed by atoms with Gasteiger partial charge in [-0.3, -0.25) is 14.9 Å². The summed E-state index contributed by atoms with van der Waals surface area (Å²) in [5, 5.41) is 10.8. The molecule has 32 heavy (non-hydrogen) atoms. The molecule has 0 spiro atoms. The van der Waals surface area contributed by atoms with E-state index in [0.717, 1.165) is 5.56 Å². The number of carbonyl (C=O) groups is 2. The van der Waals surface area contributed by atoms with E-state index in [9.17, 15) is 19.7 Å². The molecule has 0 saturated carbocycles. The first kappa shape index (κ1) is 20.7. The van der Waals surface area contributed by atoms with Gasteiger partial charge in [0.15, 0.2) is 5.70 Å². The summed E-state index contributed by atoms with van der Waals surface area (Å²) >= 11 is 0. The van der Waals surface area contributed by atoms with Crippen LogP contribution in [0.1, 0.15) is 16.7 Å². The Morgan fingerprint density at radius 2 is 1.69 bits per heavy atom. The molecule has 0 aliphatic carbocycles. The molecule has 0 saturated heterocycles. The van der Waals surface area contributed by atoms with Crippen molar-refractivity contribution >= 4 is 29.6 Å². The van der Waals surface area contributed by atoms with Gasteiger partial charge in [0.1, 0.15) is 5.75 Å². The van der Waals surface area contributed by atoms with E-state index in [1.165, 1.54) is 30.3 Å². The van der Waals surface area contributed by atoms with Crippen LogP contribution in [0.2, 0.25) is 0 Å². The number of hydrogen-bond donors (Lipinski definition) is 0. The molecule has 0 atom stereocenters. The first-order chi connectivity index (χ1) is 15.5. The molecule has 3 aromatic rings. The highest BCUT2D eigenvalue weighted by molar-refractivity contribution is 6.13. The van der Waals surface area contributed by atoms with Crippen molar-refractivity contribution in [3.05, 3.63) is 111 Å². The highest BCUT2D eigenvalue weighted by Gasteiger charge is 2.25. The molecule has 8 nitrogen and oxygen atoms in total. The summed E-state index contributed by atoms with van der Waals surface area (Å²) in [5.41, 5.74) is 1.67. The molecule has 158 valence electrons. The third-order valence-electron chi connectivity index (χ3n) is 4.57. The normalized spacial score (nSPS) is 14.1. The van der Waals surface area contributed by atoms with E-state index in [0.29, 0.717) is 11.1 Å². The lowest BCUT2D eigenvalue weighted by molar-refractivity contribution is -0.384. The lowest BCUT2D eigenvalue weighted by atomic mass is 10.1. The van der Waals surface area contributed by atoms with Crippen LogP contribution < -0.4 is 4.74 Å². The van der Waals surface area contributed by atoms with Gasteiger partial charge in [-0.25, -0.2) is 9.79 Å². The Kier molecular flexibility index (Phi) is 5.85. The minimum absolute atomic E-state index is 0.0184. The van der Waals surface area contributed by atoms with Gasteiger partial charge in [0.05, 0.1) is 11.3 Å².